The van der Waals surface area contributed by atoms with Crippen molar-refractivity contribution in [3.63, 3.8) is 0 Å². The maximum Gasteiger partial charge on any atom is 0.0949 e. The first-order valence-corrected chi connectivity index (χ1v) is 7.87. The first-order chi connectivity index (χ1) is 9.81. The van der Waals surface area contributed by atoms with Crippen LogP contribution in [0.4, 0.5) is 0 Å². The minimum atomic E-state index is 0.0786. The highest BCUT2D eigenvalue weighted by molar-refractivity contribution is 6.30. The fourth-order valence-corrected chi connectivity index (χ4v) is 2.71. The first-order valence-electron chi connectivity index (χ1n) is 7.49. The molecular weight excluding hydrogens is 274 g/mol. The lowest BCUT2D eigenvalue weighted by Gasteiger charge is -2.21. The fourth-order valence-electron chi connectivity index (χ4n) is 2.51. The van der Waals surface area contributed by atoms with Gasteiger partial charge in [0, 0.05) is 30.1 Å². The van der Waals surface area contributed by atoms with Gasteiger partial charge in [-0.1, -0.05) is 23.7 Å². The maximum absolute atomic E-state index is 6.14. The largest absolute Gasteiger partial charge is 0.381 e. The number of halogens is 1. The van der Waals surface area contributed by atoms with E-state index in [0.717, 1.165) is 43.4 Å². The Kier molecular flexibility index (Phi) is 4.94. The Balaban J connectivity index is 1.59. The molecule has 1 heterocycles. The predicted octanol–water partition coefficient (Wildman–Crippen LogP) is 3.19. The summed E-state index contributed by atoms with van der Waals surface area (Å²) in [4.78, 5) is 0. The second-order valence-corrected chi connectivity index (χ2v) is 6.23. The number of benzene rings is 1. The number of rotatable bonds is 7. The van der Waals surface area contributed by atoms with Gasteiger partial charge in [0.25, 0.3) is 0 Å². The van der Waals surface area contributed by atoms with Crippen LogP contribution in [0.5, 0.6) is 0 Å². The highest BCUT2D eigenvalue weighted by atomic mass is 35.5. The minimum Gasteiger partial charge on any atom is -0.381 e. The van der Waals surface area contributed by atoms with E-state index in [0.29, 0.717) is 12.0 Å². The van der Waals surface area contributed by atoms with Gasteiger partial charge in [0.2, 0.25) is 0 Å². The van der Waals surface area contributed by atoms with E-state index in [2.05, 4.69) is 11.4 Å². The molecule has 1 N–H and O–H groups in total. The summed E-state index contributed by atoms with van der Waals surface area (Å²) in [5.74, 6) is 0.539. The smallest absolute Gasteiger partial charge is 0.0949 e. The van der Waals surface area contributed by atoms with E-state index in [1.807, 2.05) is 18.2 Å². The molecule has 0 radical (unpaired) electrons. The molecule has 1 saturated carbocycles. The van der Waals surface area contributed by atoms with Crippen LogP contribution in [0.1, 0.15) is 30.9 Å². The van der Waals surface area contributed by atoms with Crippen molar-refractivity contribution in [3.8, 4) is 0 Å². The van der Waals surface area contributed by atoms with Crippen LogP contribution in [0, 0.1) is 5.92 Å². The van der Waals surface area contributed by atoms with E-state index in [4.69, 9.17) is 21.1 Å². The molecule has 1 aliphatic heterocycles. The molecule has 0 aromatic heterocycles. The van der Waals surface area contributed by atoms with Crippen molar-refractivity contribution in [2.24, 2.45) is 5.92 Å². The SMILES string of the molecule is Clc1cccc(C(CNC2CC2)OCC2CCOC2)c1. The molecule has 1 aliphatic carbocycles. The summed E-state index contributed by atoms with van der Waals surface area (Å²) < 4.78 is 11.5. The third-order valence-corrected chi connectivity index (χ3v) is 4.18. The molecule has 3 nitrogen and oxygen atoms in total. The molecule has 2 fully saturated rings. The molecule has 1 saturated heterocycles. The molecule has 2 aliphatic rings. The average Bonchev–Trinajstić information content (AvgIpc) is 3.13. The van der Waals surface area contributed by atoms with Crippen molar-refractivity contribution >= 4 is 11.6 Å². The molecule has 0 bridgehead atoms. The Hall–Kier alpha value is -0.610. The first kappa shape index (κ1) is 14.3. The van der Waals surface area contributed by atoms with Gasteiger partial charge in [-0.3, -0.25) is 0 Å². The quantitative estimate of drug-likeness (QED) is 0.838. The molecule has 2 atom stereocenters. The van der Waals surface area contributed by atoms with Gasteiger partial charge in [-0.25, -0.2) is 0 Å². The van der Waals surface area contributed by atoms with E-state index >= 15 is 0 Å². The van der Waals surface area contributed by atoms with Gasteiger partial charge in [-0.2, -0.15) is 0 Å². The number of hydrogen-bond donors (Lipinski definition) is 1. The van der Waals surface area contributed by atoms with E-state index in [1.165, 1.54) is 12.8 Å². The van der Waals surface area contributed by atoms with Crippen molar-refractivity contribution in [2.45, 2.75) is 31.4 Å². The zero-order valence-electron chi connectivity index (χ0n) is 11.7. The zero-order chi connectivity index (χ0) is 13.8. The van der Waals surface area contributed by atoms with Gasteiger partial charge in [0.05, 0.1) is 19.3 Å². The van der Waals surface area contributed by atoms with E-state index in [9.17, 15) is 0 Å². The lowest BCUT2D eigenvalue weighted by atomic mass is 10.1. The summed E-state index contributed by atoms with van der Waals surface area (Å²) in [5, 5.41) is 4.32. The van der Waals surface area contributed by atoms with Gasteiger partial charge in [-0.15, -0.1) is 0 Å². The Morgan fingerprint density at radius 3 is 2.95 bits per heavy atom. The van der Waals surface area contributed by atoms with Crippen molar-refractivity contribution in [1.29, 1.82) is 0 Å². The Labute approximate surface area is 125 Å². The van der Waals surface area contributed by atoms with Crippen LogP contribution >= 0.6 is 11.6 Å². The molecule has 3 rings (SSSR count). The lowest BCUT2D eigenvalue weighted by molar-refractivity contribution is 0.0252. The monoisotopic (exact) mass is 295 g/mol. The summed E-state index contributed by atoms with van der Waals surface area (Å²) in [6, 6.07) is 8.68. The zero-order valence-corrected chi connectivity index (χ0v) is 12.4. The van der Waals surface area contributed by atoms with E-state index < -0.39 is 0 Å². The summed E-state index contributed by atoms with van der Waals surface area (Å²) in [6.07, 6.45) is 3.77. The Bertz CT molecular complexity index is 430. The Morgan fingerprint density at radius 2 is 2.25 bits per heavy atom. The molecule has 1 aromatic rings. The lowest BCUT2D eigenvalue weighted by Crippen LogP contribution is -2.26. The number of ether oxygens (including phenoxy) is 2. The summed E-state index contributed by atoms with van der Waals surface area (Å²) >= 11 is 6.10. The standard InChI is InChI=1S/C16H22ClNO2/c17-14-3-1-2-13(8-14)16(9-18-15-4-5-15)20-11-12-6-7-19-10-12/h1-3,8,12,15-16,18H,4-7,9-11H2. The van der Waals surface area contributed by atoms with Crippen molar-refractivity contribution in [3.05, 3.63) is 34.9 Å². The third-order valence-electron chi connectivity index (χ3n) is 3.95. The van der Waals surface area contributed by atoms with Crippen LogP contribution in [0.25, 0.3) is 0 Å². The van der Waals surface area contributed by atoms with Crippen LogP contribution in [-0.4, -0.2) is 32.4 Å². The summed E-state index contributed by atoms with van der Waals surface area (Å²) in [7, 11) is 0. The fraction of sp³-hybridized carbons (Fsp3) is 0.625. The average molecular weight is 296 g/mol. The molecule has 20 heavy (non-hydrogen) atoms. The second-order valence-electron chi connectivity index (χ2n) is 5.79. The number of hydrogen-bond acceptors (Lipinski definition) is 3. The van der Waals surface area contributed by atoms with E-state index in [1.54, 1.807) is 0 Å². The van der Waals surface area contributed by atoms with Gasteiger partial charge in [-0.05, 0) is 37.0 Å². The van der Waals surface area contributed by atoms with Crippen LogP contribution in [0.3, 0.4) is 0 Å². The molecule has 0 spiro atoms. The molecule has 2 unspecified atom stereocenters. The molecular formula is C16H22ClNO2. The third kappa shape index (κ3) is 4.19. The Morgan fingerprint density at radius 1 is 1.35 bits per heavy atom. The number of nitrogens with one attached hydrogen (secondary N) is 1. The molecule has 4 heteroatoms. The van der Waals surface area contributed by atoms with Gasteiger partial charge in [0.1, 0.15) is 0 Å². The van der Waals surface area contributed by atoms with Crippen LogP contribution < -0.4 is 5.32 Å². The van der Waals surface area contributed by atoms with Crippen LogP contribution in [-0.2, 0) is 9.47 Å². The van der Waals surface area contributed by atoms with Crippen molar-refractivity contribution < 1.29 is 9.47 Å². The molecule has 1 aromatic carbocycles. The normalized spacial score (nSPS) is 23.9. The van der Waals surface area contributed by atoms with E-state index in [-0.39, 0.29) is 6.10 Å². The summed E-state index contributed by atoms with van der Waals surface area (Å²) in [5.41, 5.74) is 1.16. The molecule has 0 amide bonds. The van der Waals surface area contributed by atoms with Crippen LogP contribution in [0.15, 0.2) is 24.3 Å². The van der Waals surface area contributed by atoms with Crippen LogP contribution in [0.2, 0.25) is 5.02 Å². The molecule has 110 valence electrons. The highest BCUT2D eigenvalue weighted by Gasteiger charge is 2.24. The summed E-state index contributed by atoms with van der Waals surface area (Å²) in [6.45, 7) is 3.33. The topological polar surface area (TPSA) is 30.5 Å². The van der Waals surface area contributed by atoms with Crippen molar-refractivity contribution in [2.75, 3.05) is 26.4 Å². The van der Waals surface area contributed by atoms with Gasteiger partial charge in [0.15, 0.2) is 0 Å². The minimum absolute atomic E-state index is 0.0786. The highest BCUT2D eigenvalue weighted by Crippen LogP contribution is 2.25. The van der Waals surface area contributed by atoms with Gasteiger partial charge < -0.3 is 14.8 Å². The maximum atomic E-state index is 6.14. The predicted molar refractivity (Wildman–Crippen MR) is 80.1 cm³/mol. The second kappa shape index (κ2) is 6.90. The van der Waals surface area contributed by atoms with Crippen molar-refractivity contribution in [1.82, 2.24) is 5.32 Å². The van der Waals surface area contributed by atoms with Gasteiger partial charge >= 0.3 is 0 Å².